The van der Waals surface area contributed by atoms with E-state index in [1.807, 2.05) is 30.3 Å². The molecule has 2 amide bonds. The first-order valence-electron chi connectivity index (χ1n) is 7.64. The number of imide groups is 1. The summed E-state index contributed by atoms with van der Waals surface area (Å²) in [5.74, 6) is -0.694. The lowest BCUT2D eigenvalue weighted by atomic mass is 9.88. The molecule has 1 aromatic rings. The van der Waals surface area contributed by atoms with Crippen LogP contribution in [0.2, 0.25) is 0 Å². The maximum atomic E-state index is 12.1. The standard InChI is InChI=1S/C18H23NO4/c1-5-14-15(12-22-11-13-9-7-6-8-10-13)19(16(14)20)17(21)23-18(2,3)4/h5-10,14-15H,1,11-12H2,2-4H3/t14-,15-/m1/s1. The van der Waals surface area contributed by atoms with Gasteiger partial charge in [0, 0.05) is 0 Å². The Kier molecular flexibility index (Phi) is 5.21. The van der Waals surface area contributed by atoms with Crippen LogP contribution in [0.25, 0.3) is 0 Å². The van der Waals surface area contributed by atoms with E-state index >= 15 is 0 Å². The molecule has 2 rings (SSSR count). The number of rotatable bonds is 5. The Balaban J connectivity index is 1.95. The van der Waals surface area contributed by atoms with E-state index in [-0.39, 0.29) is 18.6 Å². The highest BCUT2D eigenvalue weighted by molar-refractivity contribution is 6.00. The summed E-state index contributed by atoms with van der Waals surface area (Å²) >= 11 is 0. The number of benzene rings is 1. The summed E-state index contributed by atoms with van der Waals surface area (Å²) in [6.45, 7) is 9.65. The number of likely N-dealkylation sites (tertiary alicyclic amines) is 1. The van der Waals surface area contributed by atoms with Gasteiger partial charge in [0.05, 0.1) is 25.2 Å². The van der Waals surface area contributed by atoms with E-state index in [9.17, 15) is 9.59 Å². The van der Waals surface area contributed by atoms with Crippen molar-refractivity contribution in [2.45, 2.75) is 39.0 Å². The Hall–Kier alpha value is -2.14. The minimum absolute atomic E-state index is 0.260. The fraction of sp³-hybridized carbons (Fsp3) is 0.444. The molecule has 2 atom stereocenters. The molecule has 0 saturated carbocycles. The van der Waals surface area contributed by atoms with Gasteiger partial charge in [-0.05, 0) is 26.3 Å². The maximum absolute atomic E-state index is 12.1. The Labute approximate surface area is 136 Å². The third kappa shape index (κ3) is 4.20. The average Bonchev–Trinajstić information content (AvgIpc) is 2.46. The Bertz CT molecular complexity index is 576. The molecule has 0 aromatic heterocycles. The summed E-state index contributed by atoms with van der Waals surface area (Å²) in [6, 6.07) is 9.37. The quantitative estimate of drug-likeness (QED) is 0.618. The van der Waals surface area contributed by atoms with Gasteiger partial charge >= 0.3 is 6.09 Å². The smallest absolute Gasteiger partial charge is 0.417 e. The minimum Gasteiger partial charge on any atom is -0.443 e. The van der Waals surface area contributed by atoms with Crippen molar-refractivity contribution < 1.29 is 19.1 Å². The maximum Gasteiger partial charge on any atom is 0.417 e. The second-order valence-corrected chi connectivity index (χ2v) is 6.52. The van der Waals surface area contributed by atoms with Crippen molar-refractivity contribution in [1.82, 2.24) is 4.90 Å². The molecule has 1 fully saturated rings. The zero-order chi connectivity index (χ0) is 17.0. The van der Waals surface area contributed by atoms with Crippen molar-refractivity contribution in [3.8, 4) is 0 Å². The first kappa shape index (κ1) is 17.2. The highest BCUT2D eigenvalue weighted by Crippen LogP contribution is 2.30. The van der Waals surface area contributed by atoms with E-state index in [2.05, 4.69) is 6.58 Å². The fourth-order valence-electron chi connectivity index (χ4n) is 2.41. The van der Waals surface area contributed by atoms with Crippen LogP contribution >= 0.6 is 0 Å². The van der Waals surface area contributed by atoms with Crippen LogP contribution in [-0.2, 0) is 20.9 Å². The van der Waals surface area contributed by atoms with E-state index < -0.39 is 17.6 Å². The Morgan fingerprint density at radius 2 is 1.96 bits per heavy atom. The molecule has 124 valence electrons. The van der Waals surface area contributed by atoms with E-state index in [0.717, 1.165) is 10.5 Å². The molecule has 1 saturated heterocycles. The minimum atomic E-state index is -0.647. The van der Waals surface area contributed by atoms with Gasteiger partial charge in [-0.2, -0.15) is 0 Å². The van der Waals surface area contributed by atoms with Crippen molar-refractivity contribution in [3.63, 3.8) is 0 Å². The number of hydrogen-bond acceptors (Lipinski definition) is 4. The highest BCUT2D eigenvalue weighted by Gasteiger charge is 2.50. The van der Waals surface area contributed by atoms with Crippen molar-refractivity contribution >= 4 is 12.0 Å². The zero-order valence-electron chi connectivity index (χ0n) is 13.8. The predicted octanol–water partition coefficient (Wildman–Crippen LogP) is 3.15. The molecule has 0 spiro atoms. The molecule has 23 heavy (non-hydrogen) atoms. The van der Waals surface area contributed by atoms with Crippen molar-refractivity contribution in [2.75, 3.05) is 6.61 Å². The van der Waals surface area contributed by atoms with Crippen LogP contribution in [0.1, 0.15) is 26.3 Å². The molecule has 1 heterocycles. The number of hydrogen-bond donors (Lipinski definition) is 0. The largest absolute Gasteiger partial charge is 0.443 e. The highest BCUT2D eigenvalue weighted by atomic mass is 16.6. The lowest BCUT2D eigenvalue weighted by Crippen LogP contribution is -2.64. The summed E-state index contributed by atoms with van der Waals surface area (Å²) in [5, 5.41) is 0. The molecule has 0 aliphatic carbocycles. The summed E-state index contributed by atoms with van der Waals surface area (Å²) < 4.78 is 10.9. The summed E-state index contributed by atoms with van der Waals surface area (Å²) in [7, 11) is 0. The number of β-lactam (4-membered cyclic amide) rings is 1. The number of carbonyl (C=O) groups is 2. The van der Waals surface area contributed by atoms with Crippen molar-refractivity contribution in [1.29, 1.82) is 0 Å². The van der Waals surface area contributed by atoms with Crippen LogP contribution in [-0.4, -0.2) is 35.2 Å². The van der Waals surface area contributed by atoms with E-state index in [1.54, 1.807) is 26.8 Å². The second-order valence-electron chi connectivity index (χ2n) is 6.52. The average molecular weight is 317 g/mol. The molecule has 0 unspecified atom stereocenters. The van der Waals surface area contributed by atoms with Crippen LogP contribution in [0, 0.1) is 5.92 Å². The molecule has 5 heteroatoms. The molecule has 0 N–H and O–H groups in total. The van der Waals surface area contributed by atoms with Crippen LogP contribution in [0.5, 0.6) is 0 Å². The fourth-order valence-corrected chi connectivity index (χ4v) is 2.41. The van der Waals surface area contributed by atoms with Gasteiger partial charge in [-0.1, -0.05) is 36.4 Å². The van der Waals surface area contributed by atoms with Gasteiger partial charge in [0.2, 0.25) is 5.91 Å². The summed E-state index contributed by atoms with van der Waals surface area (Å²) in [5.41, 5.74) is 0.392. The third-order valence-corrected chi connectivity index (χ3v) is 3.51. The molecular formula is C18H23NO4. The lowest BCUT2D eigenvalue weighted by Gasteiger charge is -2.44. The van der Waals surface area contributed by atoms with Crippen LogP contribution < -0.4 is 0 Å². The zero-order valence-corrected chi connectivity index (χ0v) is 13.8. The van der Waals surface area contributed by atoms with E-state index in [4.69, 9.17) is 9.47 Å². The van der Waals surface area contributed by atoms with Gasteiger partial charge in [-0.15, -0.1) is 6.58 Å². The molecule has 1 aliphatic rings. The van der Waals surface area contributed by atoms with Crippen LogP contribution in [0.15, 0.2) is 43.0 Å². The molecular weight excluding hydrogens is 294 g/mol. The molecule has 0 radical (unpaired) electrons. The van der Waals surface area contributed by atoms with E-state index in [0.29, 0.717) is 6.61 Å². The van der Waals surface area contributed by atoms with Crippen molar-refractivity contribution in [3.05, 3.63) is 48.6 Å². The van der Waals surface area contributed by atoms with Crippen LogP contribution in [0.4, 0.5) is 4.79 Å². The first-order valence-corrected chi connectivity index (χ1v) is 7.64. The van der Waals surface area contributed by atoms with Gasteiger partial charge in [0.15, 0.2) is 0 Å². The number of ether oxygens (including phenoxy) is 2. The van der Waals surface area contributed by atoms with Gasteiger partial charge in [-0.3, -0.25) is 4.79 Å². The van der Waals surface area contributed by atoms with Gasteiger partial charge < -0.3 is 9.47 Å². The first-order chi connectivity index (χ1) is 10.8. The second kappa shape index (κ2) is 6.96. The number of amides is 2. The third-order valence-electron chi connectivity index (χ3n) is 3.51. The summed E-state index contributed by atoms with van der Waals surface area (Å²) in [4.78, 5) is 25.3. The molecule has 0 bridgehead atoms. The van der Waals surface area contributed by atoms with Crippen LogP contribution in [0.3, 0.4) is 0 Å². The Morgan fingerprint density at radius 3 is 2.52 bits per heavy atom. The lowest BCUT2D eigenvalue weighted by molar-refractivity contribution is -0.154. The van der Waals surface area contributed by atoms with Gasteiger partial charge in [0.1, 0.15) is 5.60 Å². The van der Waals surface area contributed by atoms with Crippen molar-refractivity contribution in [2.24, 2.45) is 5.92 Å². The normalized spacial score (nSPS) is 20.8. The van der Waals surface area contributed by atoms with Gasteiger partial charge in [-0.25, -0.2) is 9.69 Å². The predicted molar refractivity (Wildman–Crippen MR) is 86.7 cm³/mol. The summed E-state index contributed by atoms with van der Waals surface area (Å²) in [6.07, 6.45) is 0.925. The SMILES string of the molecule is C=C[C@H]1C(=O)N(C(=O)OC(C)(C)C)[C@@H]1COCc1ccccc1. The molecule has 1 aromatic carbocycles. The molecule has 5 nitrogen and oxygen atoms in total. The topological polar surface area (TPSA) is 55.8 Å². The molecule has 1 aliphatic heterocycles. The number of nitrogens with zero attached hydrogens (tertiary/aromatic N) is 1. The number of carbonyl (C=O) groups excluding carboxylic acids is 2. The van der Waals surface area contributed by atoms with Gasteiger partial charge in [0.25, 0.3) is 0 Å². The Morgan fingerprint density at radius 1 is 1.30 bits per heavy atom. The monoisotopic (exact) mass is 317 g/mol. The van der Waals surface area contributed by atoms with E-state index in [1.165, 1.54) is 0 Å².